The Morgan fingerprint density at radius 2 is 0.450 bits per heavy atom. The predicted octanol–water partition coefficient (Wildman–Crippen LogP) is 24.7. The van der Waals surface area contributed by atoms with Crippen molar-refractivity contribution in [2.75, 3.05) is 13.2 Å². The molecule has 0 radical (unpaired) electrons. The van der Waals surface area contributed by atoms with E-state index in [1.165, 1.54) is 289 Å². The lowest BCUT2D eigenvalue weighted by Crippen LogP contribution is -2.30. The second kappa shape index (κ2) is 69.1. The predicted molar refractivity (Wildman–Crippen MR) is 349 cm³/mol. The van der Waals surface area contributed by atoms with Crippen LogP contribution in [0.2, 0.25) is 0 Å². The van der Waals surface area contributed by atoms with Crippen LogP contribution in [0.4, 0.5) is 0 Å². The Balaban J connectivity index is 4.25. The summed E-state index contributed by atoms with van der Waals surface area (Å²) >= 11 is 0. The number of rotatable bonds is 67. The average molecular weight is 1120 g/mol. The first kappa shape index (κ1) is 77.6. The molecule has 6 nitrogen and oxygen atoms in total. The zero-order chi connectivity index (χ0) is 57.8. The molecule has 1 unspecified atom stereocenters. The SMILES string of the molecule is CCCCCCC/C=C\C/C=C\CCCCCCCCCCCCCC(=O)OC(COC(=O)CCCCCCC/C=C\CCCCCCC)COC(=O)CCCCCCCCCCCCCCCCCCCCCCCCCCC. The lowest BCUT2D eigenvalue weighted by molar-refractivity contribution is -0.167. The van der Waals surface area contributed by atoms with Gasteiger partial charge in [-0.3, -0.25) is 14.4 Å². The number of ether oxygens (including phenoxy) is 3. The number of esters is 3. The van der Waals surface area contributed by atoms with Crippen molar-refractivity contribution < 1.29 is 28.6 Å². The van der Waals surface area contributed by atoms with Gasteiger partial charge in [0.2, 0.25) is 0 Å². The van der Waals surface area contributed by atoms with Crippen LogP contribution < -0.4 is 0 Å². The molecule has 0 fully saturated rings. The summed E-state index contributed by atoms with van der Waals surface area (Å²) in [5, 5.41) is 0. The average Bonchev–Trinajstić information content (AvgIpc) is 3.46. The van der Waals surface area contributed by atoms with Crippen LogP contribution >= 0.6 is 0 Å². The highest BCUT2D eigenvalue weighted by atomic mass is 16.6. The summed E-state index contributed by atoms with van der Waals surface area (Å²) in [5.74, 6) is -0.852. The van der Waals surface area contributed by atoms with E-state index in [1.54, 1.807) is 0 Å². The van der Waals surface area contributed by atoms with Crippen molar-refractivity contribution in [2.24, 2.45) is 0 Å². The van der Waals surface area contributed by atoms with Crippen LogP contribution in [0.3, 0.4) is 0 Å². The Hall–Kier alpha value is -2.37. The molecule has 0 rings (SSSR count). The van der Waals surface area contributed by atoms with E-state index in [4.69, 9.17) is 14.2 Å². The Labute approximate surface area is 499 Å². The molecule has 0 bridgehead atoms. The van der Waals surface area contributed by atoms with Crippen LogP contribution in [0.25, 0.3) is 0 Å². The van der Waals surface area contributed by atoms with Gasteiger partial charge in [-0.25, -0.2) is 0 Å². The van der Waals surface area contributed by atoms with E-state index in [-0.39, 0.29) is 31.1 Å². The van der Waals surface area contributed by atoms with Gasteiger partial charge in [0.15, 0.2) is 6.10 Å². The number of carbonyl (C=O) groups is 3. The zero-order valence-corrected chi connectivity index (χ0v) is 54.1. The van der Waals surface area contributed by atoms with Gasteiger partial charge in [0, 0.05) is 19.3 Å². The van der Waals surface area contributed by atoms with Crippen molar-refractivity contribution in [3.8, 4) is 0 Å². The highest BCUT2D eigenvalue weighted by Gasteiger charge is 2.19. The van der Waals surface area contributed by atoms with Gasteiger partial charge in [-0.05, 0) is 77.0 Å². The second-order valence-electron chi connectivity index (χ2n) is 24.5. The van der Waals surface area contributed by atoms with Crippen molar-refractivity contribution in [1.82, 2.24) is 0 Å². The molecule has 0 aromatic heterocycles. The summed E-state index contributed by atoms with van der Waals surface area (Å²) in [5.41, 5.74) is 0. The maximum atomic E-state index is 13.0. The third kappa shape index (κ3) is 66.4. The van der Waals surface area contributed by atoms with Crippen LogP contribution in [-0.2, 0) is 28.6 Å². The van der Waals surface area contributed by atoms with E-state index >= 15 is 0 Å². The Morgan fingerprint density at radius 3 is 0.700 bits per heavy atom. The lowest BCUT2D eigenvalue weighted by atomic mass is 10.0. The van der Waals surface area contributed by atoms with E-state index in [0.717, 1.165) is 70.6 Å². The third-order valence-corrected chi connectivity index (χ3v) is 16.4. The molecule has 80 heavy (non-hydrogen) atoms. The molecule has 0 saturated carbocycles. The first-order valence-electron chi connectivity index (χ1n) is 36.0. The summed E-state index contributed by atoms with van der Waals surface area (Å²) in [6.07, 6.45) is 86.1. The third-order valence-electron chi connectivity index (χ3n) is 16.4. The van der Waals surface area contributed by atoms with Gasteiger partial charge < -0.3 is 14.2 Å². The summed E-state index contributed by atoms with van der Waals surface area (Å²) in [6.45, 7) is 6.69. The van der Waals surface area contributed by atoms with Crippen molar-refractivity contribution >= 4 is 17.9 Å². The van der Waals surface area contributed by atoms with Crippen LogP contribution in [-0.4, -0.2) is 37.2 Å². The highest BCUT2D eigenvalue weighted by Crippen LogP contribution is 2.19. The standard InChI is InChI=1S/C74H138O6/c1-4-7-10-13-16-19-22-25-28-30-32-34-36-37-39-40-42-44-46-49-52-55-58-61-64-67-73(76)79-70-71(69-78-72(75)66-63-60-57-54-51-48-27-24-21-18-15-12-9-6-3)80-74(77)68-65-62-59-56-53-50-47-45-43-41-38-35-33-31-29-26-23-20-17-14-11-8-5-2/h23-24,26-27,31,33,71H,4-22,25,28-30,32,34-70H2,1-3H3/b26-23-,27-24-,33-31-. The first-order valence-corrected chi connectivity index (χ1v) is 36.0. The molecule has 0 amide bonds. The zero-order valence-electron chi connectivity index (χ0n) is 54.1. The number of unbranched alkanes of at least 4 members (excludes halogenated alkanes) is 50. The van der Waals surface area contributed by atoms with Crippen LogP contribution in [0, 0.1) is 0 Å². The molecule has 0 aliphatic heterocycles. The molecule has 0 aliphatic rings. The maximum Gasteiger partial charge on any atom is 0.306 e. The van der Waals surface area contributed by atoms with Crippen molar-refractivity contribution in [3.05, 3.63) is 36.5 Å². The lowest BCUT2D eigenvalue weighted by Gasteiger charge is -2.18. The molecule has 0 N–H and O–H groups in total. The summed E-state index contributed by atoms with van der Waals surface area (Å²) in [6, 6.07) is 0. The molecule has 0 spiro atoms. The van der Waals surface area contributed by atoms with E-state index in [0.29, 0.717) is 19.3 Å². The van der Waals surface area contributed by atoms with E-state index in [9.17, 15) is 14.4 Å². The maximum absolute atomic E-state index is 13.0. The topological polar surface area (TPSA) is 78.9 Å². The number of hydrogen-bond acceptors (Lipinski definition) is 6. The molecule has 1 atom stereocenters. The number of hydrogen-bond donors (Lipinski definition) is 0. The van der Waals surface area contributed by atoms with Crippen LogP contribution in [0.5, 0.6) is 0 Å². The quantitative estimate of drug-likeness (QED) is 0.0261. The van der Waals surface area contributed by atoms with Crippen molar-refractivity contribution in [1.29, 1.82) is 0 Å². The fourth-order valence-corrected chi connectivity index (χ4v) is 10.9. The van der Waals surface area contributed by atoms with Crippen LogP contribution in [0.1, 0.15) is 400 Å². The molecule has 0 aromatic carbocycles. The van der Waals surface area contributed by atoms with E-state index in [2.05, 4.69) is 57.2 Å². The summed E-state index contributed by atoms with van der Waals surface area (Å²) in [7, 11) is 0. The molecule has 470 valence electrons. The molecule has 0 saturated heterocycles. The molecule has 6 heteroatoms. The van der Waals surface area contributed by atoms with Crippen LogP contribution in [0.15, 0.2) is 36.5 Å². The van der Waals surface area contributed by atoms with Gasteiger partial charge in [-0.15, -0.1) is 0 Å². The number of carbonyl (C=O) groups excluding carboxylic acids is 3. The summed E-state index contributed by atoms with van der Waals surface area (Å²) in [4.78, 5) is 38.4. The molecular weight excluding hydrogens is 985 g/mol. The Bertz CT molecular complexity index is 1340. The van der Waals surface area contributed by atoms with Gasteiger partial charge in [-0.2, -0.15) is 0 Å². The largest absolute Gasteiger partial charge is 0.462 e. The molecule has 0 aliphatic carbocycles. The Morgan fingerprint density at radius 1 is 0.250 bits per heavy atom. The van der Waals surface area contributed by atoms with Crippen molar-refractivity contribution in [2.45, 2.75) is 406 Å². The summed E-state index contributed by atoms with van der Waals surface area (Å²) < 4.78 is 17.0. The Kier molecular flexibility index (Phi) is 67.1. The minimum absolute atomic E-state index is 0.0706. The smallest absolute Gasteiger partial charge is 0.306 e. The monoisotopic (exact) mass is 1120 g/mol. The van der Waals surface area contributed by atoms with Crippen molar-refractivity contribution in [3.63, 3.8) is 0 Å². The fourth-order valence-electron chi connectivity index (χ4n) is 10.9. The van der Waals surface area contributed by atoms with Gasteiger partial charge in [-0.1, -0.05) is 340 Å². The molecule has 0 heterocycles. The molecule has 0 aromatic rings. The molecular formula is C74H138O6. The van der Waals surface area contributed by atoms with Gasteiger partial charge in [0.05, 0.1) is 0 Å². The van der Waals surface area contributed by atoms with E-state index in [1.807, 2.05) is 0 Å². The normalized spacial score (nSPS) is 12.2. The van der Waals surface area contributed by atoms with Gasteiger partial charge in [0.1, 0.15) is 13.2 Å². The van der Waals surface area contributed by atoms with Gasteiger partial charge in [0.25, 0.3) is 0 Å². The second-order valence-corrected chi connectivity index (χ2v) is 24.5. The fraction of sp³-hybridized carbons (Fsp3) is 0.878. The number of allylic oxidation sites excluding steroid dienone is 6. The first-order chi connectivity index (χ1) is 39.5. The highest BCUT2D eigenvalue weighted by molar-refractivity contribution is 5.71. The van der Waals surface area contributed by atoms with Gasteiger partial charge >= 0.3 is 17.9 Å². The minimum Gasteiger partial charge on any atom is -0.462 e. The van der Waals surface area contributed by atoms with E-state index < -0.39 is 6.10 Å². The minimum atomic E-state index is -0.776.